The fourth-order valence-corrected chi connectivity index (χ4v) is 1.33. The molecule has 1 atom stereocenters. The number of amides is 1. The standard InChI is InChI=1S/C10H9F3N2O2/c11-7-1-6(3-15-8(7)9(14)16)17-4-5-2-10(5,12)13/h1,3,5H,2,4H2,(H2,14,16)/t5-/m1/s1. The summed E-state index contributed by atoms with van der Waals surface area (Å²) in [6.07, 6.45) is 0.853. The van der Waals surface area contributed by atoms with Gasteiger partial charge in [-0.25, -0.2) is 18.2 Å². The number of alkyl halides is 2. The molecular weight excluding hydrogens is 237 g/mol. The molecule has 0 radical (unpaired) electrons. The van der Waals surface area contributed by atoms with Gasteiger partial charge in [0.05, 0.1) is 18.7 Å². The molecular formula is C10H9F3N2O2. The highest BCUT2D eigenvalue weighted by Crippen LogP contribution is 2.48. The molecule has 1 fully saturated rings. The summed E-state index contributed by atoms with van der Waals surface area (Å²) in [6.45, 7) is -0.204. The second-order valence-corrected chi connectivity index (χ2v) is 3.84. The van der Waals surface area contributed by atoms with E-state index < -0.39 is 29.3 Å². The van der Waals surface area contributed by atoms with E-state index in [-0.39, 0.29) is 18.8 Å². The number of hydrogen-bond acceptors (Lipinski definition) is 3. The van der Waals surface area contributed by atoms with E-state index in [4.69, 9.17) is 10.5 Å². The molecule has 1 aromatic heterocycles. The van der Waals surface area contributed by atoms with Gasteiger partial charge in [-0.15, -0.1) is 0 Å². The maximum Gasteiger partial charge on any atom is 0.270 e. The average Bonchev–Trinajstić information content (AvgIpc) is 2.83. The van der Waals surface area contributed by atoms with Gasteiger partial charge in [-0.3, -0.25) is 4.79 Å². The lowest BCUT2D eigenvalue weighted by Crippen LogP contribution is -2.15. The van der Waals surface area contributed by atoms with Gasteiger partial charge in [0.1, 0.15) is 5.75 Å². The lowest BCUT2D eigenvalue weighted by atomic mass is 10.3. The van der Waals surface area contributed by atoms with Crippen LogP contribution in [0, 0.1) is 11.7 Å². The predicted octanol–water partition coefficient (Wildman–Crippen LogP) is 1.35. The van der Waals surface area contributed by atoms with Gasteiger partial charge in [-0.1, -0.05) is 0 Å². The van der Waals surface area contributed by atoms with Gasteiger partial charge in [0.25, 0.3) is 11.8 Å². The van der Waals surface area contributed by atoms with Crippen molar-refractivity contribution in [2.75, 3.05) is 6.61 Å². The molecule has 1 amide bonds. The molecule has 0 bridgehead atoms. The van der Waals surface area contributed by atoms with Crippen molar-refractivity contribution in [2.24, 2.45) is 11.7 Å². The highest BCUT2D eigenvalue weighted by molar-refractivity contribution is 5.91. The molecule has 0 aliphatic heterocycles. The van der Waals surface area contributed by atoms with E-state index in [2.05, 4.69) is 4.98 Å². The summed E-state index contributed by atoms with van der Waals surface area (Å²) in [7, 11) is 0. The van der Waals surface area contributed by atoms with Crippen LogP contribution in [-0.4, -0.2) is 23.4 Å². The van der Waals surface area contributed by atoms with E-state index >= 15 is 0 Å². The summed E-state index contributed by atoms with van der Waals surface area (Å²) in [6, 6.07) is 0.896. The zero-order valence-corrected chi connectivity index (χ0v) is 8.62. The molecule has 4 nitrogen and oxygen atoms in total. The molecule has 1 aliphatic carbocycles. The number of rotatable bonds is 4. The van der Waals surface area contributed by atoms with Crippen LogP contribution in [0.4, 0.5) is 13.2 Å². The Morgan fingerprint density at radius 3 is 2.76 bits per heavy atom. The number of primary amides is 1. The third-order valence-electron chi connectivity index (χ3n) is 2.46. The zero-order valence-electron chi connectivity index (χ0n) is 8.62. The number of hydrogen-bond donors (Lipinski definition) is 1. The van der Waals surface area contributed by atoms with E-state index in [1.807, 2.05) is 0 Å². The Bertz CT molecular complexity index is 465. The normalized spacial score (nSPS) is 21.0. The molecule has 2 rings (SSSR count). The lowest BCUT2D eigenvalue weighted by Gasteiger charge is -2.06. The molecule has 1 aliphatic rings. The van der Waals surface area contributed by atoms with Crippen molar-refractivity contribution in [2.45, 2.75) is 12.3 Å². The molecule has 1 heterocycles. The van der Waals surface area contributed by atoms with Crippen molar-refractivity contribution in [3.63, 3.8) is 0 Å². The minimum Gasteiger partial charge on any atom is -0.491 e. The van der Waals surface area contributed by atoms with Crippen LogP contribution in [0.25, 0.3) is 0 Å². The molecule has 0 aromatic carbocycles. The molecule has 0 spiro atoms. The average molecular weight is 246 g/mol. The van der Waals surface area contributed by atoms with Crippen molar-refractivity contribution in [1.82, 2.24) is 4.98 Å². The number of carbonyl (C=O) groups excluding carboxylic acids is 1. The molecule has 0 unspecified atom stereocenters. The summed E-state index contributed by atoms with van der Waals surface area (Å²) in [4.78, 5) is 14.1. The minimum absolute atomic E-state index is 0.00444. The Morgan fingerprint density at radius 2 is 2.29 bits per heavy atom. The van der Waals surface area contributed by atoms with Crippen LogP contribution < -0.4 is 10.5 Å². The number of carbonyl (C=O) groups is 1. The van der Waals surface area contributed by atoms with Crippen LogP contribution in [0.5, 0.6) is 5.75 Å². The summed E-state index contributed by atoms with van der Waals surface area (Å²) in [5.74, 6) is -5.45. The van der Waals surface area contributed by atoms with Gasteiger partial charge >= 0.3 is 0 Å². The summed E-state index contributed by atoms with van der Waals surface area (Å²) in [5.41, 5.74) is 4.35. The first kappa shape index (κ1) is 11.7. The van der Waals surface area contributed by atoms with Crippen LogP contribution in [0.3, 0.4) is 0 Å². The maximum absolute atomic E-state index is 13.2. The topological polar surface area (TPSA) is 65.2 Å². The van der Waals surface area contributed by atoms with Crippen LogP contribution in [-0.2, 0) is 0 Å². The lowest BCUT2D eigenvalue weighted by molar-refractivity contribution is 0.0855. The first-order valence-electron chi connectivity index (χ1n) is 4.86. The summed E-state index contributed by atoms with van der Waals surface area (Å²) in [5, 5.41) is 0. The molecule has 92 valence electrons. The molecule has 1 saturated carbocycles. The highest BCUT2D eigenvalue weighted by atomic mass is 19.3. The van der Waals surface area contributed by atoms with Crippen molar-refractivity contribution in [1.29, 1.82) is 0 Å². The molecule has 17 heavy (non-hydrogen) atoms. The van der Waals surface area contributed by atoms with E-state index in [0.717, 1.165) is 12.3 Å². The Morgan fingerprint density at radius 1 is 1.65 bits per heavy atom. The predicted molar refractivity (Wildman–Crippen MR) is 51.3 cm³/mol. The molecule has 7 heteroatoms. The Kier molecular flexibility index (Phi) is 2.68. The van der Waals surface area contributed by atoms with Crippen molar-refractivity contribution in [3.05, 3.63) is 23.8 Å². The van der Waals surface area contributed by atoms with E-state index in [0.29, 0.717) is 0 Å². The second kappa shape index (κ2) is 3.90. The van der Waals surface area contributed by atoms with E-state index in [9.17, 15) is 18.0 Å². The Labute approximate surface area is 94.6 Å². The Balaban J connectivity index is 1.98. The third kappa shape index (κ3) is 2.48. The Hall–Kier alpha value is -1.79. The molecule has 1 aromatic rings. The van der Waals surface area contributed by atoms with Gasteiger partial charge in [0.2, 0.25) is 0 Å². The van der Waals surface area contributed by atoms with E-state index in [1.165, 1.54) is 0 Å². The van der Waals surface area contributed by atoms with Crippen LogP contribution in [0.15, 0.2) is 12.3 Å². The minimum atomic E-state index is -2.68. The summed E-state index contributed by atoms with van der Waals surface area (Å²) < 4.78 is 43.2. The fraction of sp³-hybridized carbons (Fsp3) is 0.400. The number of halogens is 3. The fourth-order valence-electron chi connectivity index (χ4n) is 1.33. The van der Waals surface area contributed by atoms with Crippen LogP contribution >= 0.6 is 0 Å². The largest absolute Gasteiger partial charge is 0.491 e. The number of pyridine rings is 1. The van der Waals surface area contributed by atoms with Crippen molar-refractivity contribution >= 4 is 5.91 Å². The van der Waals surface area contributed by atoms with Gasteiger partial charge in [0, 0.05) is 12.5 Å². The first-order valence-corrected chi connectivity index (χ1v) is 4.86. The highest BCUT2D eigenvalue weighted by Gasteiger charge is 2.57. The first-order chi connectivity index (χ1) is 7.90. The maximum atomic E-state index is 13.2. The van der Waals surface area contributed by atoms with E-state index in [1.54, 1.807) is 0 Å². The van der Waals surface area contributed by atoms with Gasteiger partial charge in [0.15, 0.2) is 11.5 Å². The van der Waals surface area contributed by atoms with Gasteiger partial charge in [-0.05, 0) is 0 Å². The van der Waals surface area contributed by atoms with Crippen molar-refractivity contribution < 1.29 is 22.7 Å². The monoisotopic (exact) mass is 246 g/mol. The van der Waals surface area contributed by atoms with Crippen molar-refractivity contribution in [3.8, 4) is 5.75 Å². The third-order valence-corrected chi connectivity index (χ3v) is 2.46. The smallest absolute Gasteiger partial charge is 0.270 e. The zero-order chi connectivity index (χ0) is 12.6. The SMILES string of the molecule is NC(=O)c1ncc(OC[C@H]2CC2(F)F)cc1F. The number of ether oxygens (including phenoxy) is 1. The number of aromatic nitrogens is 1. The number of nitrogens with two attached hydrogens (primary N) is 1. The molecule has 0 saturated heterocycles. The quantitative estimate of drug-likeness (QED) is 0.872. The molecule has 2 N–H and O–H groups in total. The second-order valence-electron chi connectivity index (χ2n) is 3.84. The van der Waals surface area contributed by atoms with Gasteiger partial charge in [-0.2, -0.15) is 0 Å². The summed E-state index contributed by atoms with van der Waals surface area (Å²) >= 11 is 0. The van der Waals surface area contributed by atoms with Gasteiger partial charge < -0.3 is 10.5 Å². The van der Waals surface area contributed by atoms with Crippen LogP contribution in [0.1, 0.15) is 16.9 Å². The number of nitrogens with zero attached hydrogens (tertiary/aromatic N) is 1. The van der Waals surface area contributed by atoms with Crippen LogP contribution in [0.2, 0.25) is 0 Å².